The molecule has 2 aromatic rings. The fourth-order valence-corrected chi connectivity index (χ4v) is 3.16. The highest BCUT2D eigenvalue weighted by molar-refractivity contribution is 9.10. The van der Waals surface area contributed by atoms with Crippen LogP contribution in [0, 0.1) is 0 Å². The highest BCUT2D eigenvalue weighted by atomic mass is 79.9. The van der Waals surface area contributed by atoms with Crippen LogP contribution < -0.4 is 10.5 Å². The molecule has 1 aromatic carbocycles. The van der Waals surface area contributed by atoms with E-state index in [0.29, 0.717) is 6.61 Å². The lowest BCUT2D eigenvalue weighted by atomic mass is 10.1. The minimum atomic E-state index is -0.221. The Kier molecular flexibility index (Phi) is 4.67. The van der Waals surface area contributed by atoms with Crippen molar-refractivity contribution >= 4 is 38.9 Å². The van der Waals surface area contributed by atoms with Gasteiger partial charge in [-0.05, 0) is 37.3 Å². The van der Waals surface area contributed by atoms with Crippen molar-refractivity contribution in [3.63, 3.8) is 0 Å². The molecule has 0 radical (unpaired) electrons. The molecule has 1 aromatic heterocycles. The van der Waals surface area contributed by atoms with Crippen molar-refractivity contribution in [3.05, 3.63) is 49.6 Å². The van der Waals surface area contributed by atoms with E-state index in [2.05, 4.69) is 15.9 Å². The third-order valence-electron chi connectivity index (χ3n) is 2.51. The van der Waals surface area contributed by atoms with Crippen molar-refractivity contribution in [3.8, 4) is 5.75 Å². The highest BCUT2D eigenvalue weighted by Gasteiger charge is 2.16. The van der Waals surface area contributed by atoms with Gasteiger partial charge in [0.15, 0.2) is 0 Å². The van der Waals surface area contributed by atoms with Gasteiger partial charge in [-0.2, -0.15) is 0 Å². The lowest BCUT2D eigenvalue weighted by molar-refractivity contribution is 0.335. The van der Waals surface area contributed by atoms with E-state index < -0.39 is 0 Å². The SMILES string of the molecule is CCOc1ccc(Br)cc1C(N)c1ccc(Cl)s1. The standard InChI is InChI=1S/C13H13BrClNOS/c1-2-17-10-4-3-8(14)7-9(10)13(16)11-5-6-12(15)18-11/h3-7,13H,2,16H2,1H3. The van der Waals surface area contributed by atoms with Crippen LogP contribution in [0.25, 0.3) is 0 Å². The zero-order chi connectivity index (χ0) is 13.1. The van der Waals surface area contributed by atoms with Gasteiger partial charge in [-0.1, -0.05) is 27.5 Å². The molecule has 2 rings (SSSR count). The van der Waals surface area contributed by atoms with Gasteiger partial charge in [0.2, 0.25) is 0 Å². The number of rotatable bonds is 4. The van der Waals surface area contributed by atoms with Gasteiger partial charge >= 0.3 is 0 Å². The first kappa shape index (κ1) is 13.9. The Morgan fingerprint density at radius 1 is 1.39 bits per heavy atom. The van der Waals surface area contributed by atoms with Crippen molar-refractivity contribution in [2.45, 2.75) is 13.0 Å². The van der Waals surface area contributed by atoms with Gasteiger partial charge in [0.05, 0.1) is 17.0 Å². The van der Waals surface area contributed by atoms with E-state index >= 15 is 0 Å². The summed E-state index contributed by atoms with van der Waals surface area (Å²) in [5.74, 6) is 0.817. The monoisotopic (exact) mass is 345 g/mol. The molecule has 0 bridgehead atoms. The topological polar surface area (TPSA) is 35.2 Å². The summed E-state index contributed by atoms with van der Waals surface area (Å²) in [4.78, 5) is 1.03. The maximum Gasteiger partial charge on any atom is 0.124 e. The lowest BCUT2D eigenvalue weighted by Crippen LogP contribution is -2.12. The Morgan fingerprint density at radius 3 is 2.78 bits per heavy atom. The average Bonchev–Trinajstić information content (AvgIpc) is 2.77. The van der Waals surface area contributed by atoms with E-state index in [1.54, 1.807) is 0 Å². The summed E-state index contributed by atoms with van der Waals surface area (Å²) in [5, 5.41) is 0. The summed E-state index contributed by atoms with van der Waals surface area (Å²) in [5.41, 5.74) is 7.24. The summed E-state index contributed by atoms with van der Waals surface area (Å²) < 4.78 is 7.34. The molecule has 0 aliphatic rings. The normalized spacial score (nSPS) is 12.4. The van der Waals surface area contributed by atoms with Crippen LogP contribution in [0.5, 0.6) is 5.75 Å². The van der Waals surface area contributed by atoms with E-state index in [4.69, 9.17) is 22.1 Å². The molecule has 0 saturated carbocycles. The minimum absolute atomic E-state index is 0.221. The van der Waals surface area contributed by atoms with Gasteiger partial charge in [0.1, 0.15) is 5.75 Å². The molecule has 96 valence electrons. The van der Waals surface area contributed by atoms with Crippen LogP contribution in [-0.2, 0) is 0 Å². The first-order valence-corrected chi connectivity index (χ1v) is 7.53. The van der Waals surface area contributed by atoms with E-state index in [9.17, 15) is 0 Å². The van der Waals surface area contributed by atoms with Crippen LogP contribution in [0.15, 0.2) is 34.8 Å². The Morgan fingerprint density at radius 2 is 2.17 bits per heavy atom. The molecule has 2 N–H and O–H groups in total. The van der Waals surface area contributed by atoms with Crippen LogP contribution in [0.2, 0.25) is 4.34 Å². The zero-order valence-corrected chi connectivity index (χ0v) is 13.0. The number of halogens is 2. The van der Waals surface area contributed by atoms with Gasteiger partial charge in [-0.25, -0.2) is 0 Å². The smallest absolute Gasteiger partial charge is 0.124 e. The Labute approximate surface area is 124 Å². The first-order valence-electron chi connectivity index (χ1n) is 5.55. The van der Waals surface area contributed by atoms with Gasteiger partial charge < -0.3 is 10.5 Å². The average molecular weight is 347 g/mol. The van der Waals surface area contributed by atoms with Crippen LogP contribution in [0.3, 0.4) is 0 Å². The fraction of sp³-hybridized carbons (Fsp3) is 0.231. The summed E-state index contributed by atoms with van der Waals surface area (Å²) in [6.45, 7) is 2.58. The molecule has 2 nitrogen and oxygen atoms in total. The van der Waals surface area contributed by atoms with Crippen LogP contribution in [-0.4, -0.2) is 6.61 Å². The van der Waals surface area contributed by atoms with Crippen molar-refractivity contribution in [2.24, 2.45) is 5.73 Å². The molecule has 1 atom stereocenters. The Balaban J connectivity index is 2.39. The predicted octanol–water partition coefficient (Wildman–Crippen LogP) is 4.61. The van der Waals surface area contributed by atoms with Crippen molar-refractivity contribution in [1.82, 2.24) is 0 Å². The maximum absolute atomic E-state index is 6.28. The number of nitrogens with two attached hydrogens (primary N) is 1. The molecule has 5 heteroatoms. The highest BCUT2D eigenvalue weighted by Crippen LogP contribution is 2.35. The molecule has 0 aliphatic carbocycles. The zero-order valence-electron chi connectivity index (χ0n) is 9.82. The van der Waals surface area contributed by atoms with Crippen molar-refractivity contribution < 1.29 is 4.74 Å². The Bertz CT molecular complexity index is 544. The summed E-state index contributed by atoms with van der Waals surface area (Å²) >= 11 is 10.9. The van der Waals surface area contributed by atoms with Gasteiger partial charge in [0.25, 0.3) is 0 Å². The summed E-state index contributed by atoms with van der Waals surface area (Å²) in [6, 6.07) is 9.46. The van der Waals surface area contributed by atoms with Crippen LogP contribution in [0.4, 0.5) is 0 Å². The minimum Gasteiger partial charge on any atom is -0.494 e. The predicted molar refractivity (Wildman–Crippen MR) is 80.7 cm³/mol. The molecule has 1 heterocycles. The molecule has 0 spiro atoms. The van der Waals surface area contributed by atoms with Crippen molar-refractivity contribution in [2.75, 3.05) is 6.61 Å². The number of benzene rings is 1. The molecular weight excluding hydrogens is 334 g/mol. The third-order valence-corrected chi connectivity index (χ3v) is 4.31. The molecule has 1 unspecified atom stereocenters. The largest absolute Gasteiger partial charge is 0.494 e. The van der Waals surface area contributed by atoms with Gasteiger partial charge in [0, 0.05) is 14.9 Å². The molecule has 0 amide bonds. The summed E-state index contributed by atoms with van der Waals surface area (Å²) in [7, 11) is 0. The van der Waals surface area contributed by atoms with Crippen molar-refractivity contribution in [1.29, 1.82) is 0 Å². The quantitative estimate of drug-likeness (QED) is 0.877. The molecule has 18 heavy (non-hydrogen) atoms. The molecule has 0 aliphatic heterocycles. The second-order valence-electron chi connectivity index (χ2n) is 3.73. The van der Waals surface area contributed by atoms with E-state index in [0.717, 1.165) is 25.0 Å². The second kappa shape index (κ2) is 6.06. The number of ether oxygens (including phenoxy) is 1. The van der Waals surface area contributed by atoms with E-state index in [1.165, 1.54) is 11.3 Å². The second-order valence-corrected chi connectivity index (χ2v) is 6.40. The Hall–Kier alpha value is -0.550. The number of hydrogen-bond donors (Lipinski definition) is 1. The van der Waals surface area contributed by atoms with E-state index in [1.807, 2.05) is 37.3 Å². The fourth-order valence-electron chi connectivity index (χ4n) is 1.70. The summed E-state index contributed by atoms with van der Waals surface area (Å²) in [6.07, 6.45) is 0. The first-order chi connectivity index (χ1) is 8.61. The molecule has 0 saturated heterocycles. The third kappa shape index (κ3) is 3.06. The van der Waals surface area contributed by atoms with Crippen LogP contribution in [0.1, 0.15) is 23.4 Å². The van der Waals surface area contributed by atoms with Gasteiger partial charge in [-0.3, -0.25) is 0 Å². The molecule has 0 fully saturated rings. The maximum atomic E-state index is 6.28. The lowest BCUT2D eigenvalue weighted by Gasteiger charge is -2.15. The van der Waals surface area contributed by atoms with Crippen LogP contribution >= 0.6 is 38.9 Å². The number of hydrogen-bond acceptors (Lipinski definition) is 3. The molecular formula is C13H13BrClNOS. The van der Waals surface area contributed by atoms with Gasteiger partial charge in [-0.15, -0.1) is 11.3 Å². The van der Waals surface area contributed by atoms with E-state index in [-0.39, 0.29) is 6.04 Å². The number of thiophene rings is 1.